The minimum atomic E-state index is -0.385. The zero-order valence-electron chi connectivity index (χ0n) is 17.9. The number of likely N-dealkylation sites (tertiary alicyclic amines) is 1. The molecule has 31 heavy (non-hydrogen) atoms. The Labute approximate surface area is 187 Å². The monoisotopic (exact) mass is 439 g/mol. The standard InChI is InChI=1S/C24H29N3O3S/c1-2-25-23(30)21-18-10-6-7-11-19(18)31-24(21)26-22(29)17-14-20(28)27(15-17)13-12-16-8-4-3-5-9-16/h3-5,8-9,17H,2,6-7,10-15H2,1H3,(H,25,30)(H,26,29). The lowest BCUT2D eigenvalue weighted by molar-refractivity contribution is -0.128. The molecule has 6 nitrogen and oxygen atoms in total. The van der Waals surface area contributed by atoms with Crippen LogP contribution < -0.4 is 10.6 Å². The molecule has 1 atom stereocenters. The van der Waals surface area contributed by atoms with Crippen molar-refractivity contribution in [3.05, 3.63) is 51.9 Å². The molecule has 164 valence electrons. The van der Waals surface area contributed by atoms with Crippen molar-refractivity contribution < 1.29 is 14.4 Å². The van der Waals surface area contributed by atoms with E-state index in [1.165, 1.54) is 21.8 Å². The molecule has 2 aliphatic rings. The van der Waals surface area contributed by atoms with E-state index in [4.69, 9.17) is 0 Å². The van der Waals surface area contributed by atoms with E-state index in [-0.39, 0.29) is 30.1 Å². The van der Waals surface area contributed by atoms with Gasteiger partial charge in [-0.05, 0) is 50.2 Å². The molecule has 1 aliphatic heterocycles. The van der Waals surface area contributed by atoms with Crippen LogP contribution in [0.1, 0.15) is 52.5 Å². The van der Waals surface area contributed by atoms with Crippen molar-refractivity contribution in [3.63, 3.8) is 0 Å². The minimum absolute atomic E-state index is 0.0190. The van der Waals surface area contributed by atoms with E-state index in [2.05, 4.69) is 10.6 Å². The van der Waals surface area contributed by atoms with Crippen molar-refractivity contribution in [2.24, 2.45) is 5.92 Å². The second kappa shape index (κ2) is 9.64. The van der Waals surface area contributed by atoms with Gasteiger partial charge in [-0.25, -0.2) is 0 Å². The first-order valence-corrected chi connectivity index (χ1v) is 11.9. The lowest BCUT2D eigenvalue weighted by Gasteiger charge is -2.16. The fraction of sp³-hybridized carbons (Fsp3) is 0.458. The lowest BCUT2D eigenvalue weighted by atomic mass is 9.95. The second-order valence-corrected chi connectivity index (χ2v) is 9.35. The summed E-state index contributed by atoms with van der Waals surface area (Å²) in [5.41, 5.74) is 2.89. The topological polar surface area (TPSA) is 78.5 Å². The Morgan fingerprint density at radius 2 is 1.94 bits per heavy atom. The van der Waals surface area contributed by atoms with Crippen molar-refractivity contribution in [2.75, 3.05) is 25.0 Å². The molecule has 0 saturated carbocycles. The number of thiophene rings is 1. The number of amides is 3. The molecule has 2 heterocycles. The minimum Gasteiger partial charge on any atom is -0.352 e. The number of aryl methyl sites for hydroxylation is 1. The average Bonchev–Trinajstić information content (AvgIpc) is 3.33. The molecule has 3 amide bonds. The SMILES string of the molecule is CCNC(=O)c1c(NC(=O)C2CC(=O)N(CCc3ccccc3)C2)sc2c1CCCC2. The fourth-order valence-corrected chi connectivity index (χ4v) is 5.72. The van der Waals surface area contributed by atoms with Gasteiger partial charge in [0.15, 0.2) is 0 Å². The molecule has 1 aliphatic carbocycles. The first-order chi connectivity index (χ1) is 15.1. The summed E-state index contributed by atoms with van der Waals surface area (Å²) in [5, 5.41) is 6.52. The van der Waals surface area contributed by atoms with E-state index in [1.807, 2.05) is 37.3 Å². The third kappa shape index (κ3) is 4.82. The van der Waals surface area contributed by atoms with Crippen molar-refractivity contribution in [2.45, 2.75) is 45.4 Å². The zero-order valence-corrected chi connectivity index (χ0v) is 18.7. The number of rotatable bonds is 7. The van der Waals surface area contributed by atoms with E-state index in [1.54, 1.807) is 4.90 Å². The molecule has 2 N–H and O–H groups in total. The maximum absolute atomic E-state index is 13.0. The van der Waals surface area contributed by atoms with E-state index < -0.39 is 0 Å². The van der Waals surface area contributed by atoms with Gasteiger partial charge in [0, 0.05) is 30.9 Å². The van der Waals surface area contributed by atoms with Crippen molar-refractivity contribution in [1.29, 1.82) is 0 Å². The van der Waals surface area contributed by atoms with Crippen LogP contribution in [-0.4, -0.2) is 42.3 Å². The van der Waals surface area contributed by atoms with Crippen LogP contribution >= 0.6 is 11.3 Å². The molecule has 0 spiro atoms. The summed E-state index contributed by atoms with van der Waals surface area (Å²) in [6.07, 6.45) is 5.02. The number of carbonyl (C=O) groups excluding carboxylic acids is 3. The Kier molecular flexibility index (Phi) is 6.70. The summed E-state index contributed by atoms with van der Waals surface area (Å²) in [7, 11) is 0. The second-order valence-electron chi connectivity index (χ2n) is 8.24. The van der Waals surface area contributed by atoms with Crippen LogP contribution in [0.15, 0.2) is 30.3 Å². The number of anilines is 1. The summed E-state index contributed by atoms with van der Waals surface area (Å²) < 4.78 is 0. The summed E-state index contributed by atoms with van der Waals surface area (Å²) >= 11 is 1.52. The third-order valence-electron chi connectivity index (χ3n) is 6.07. The van der Waals surface area contributed by atoms with Gasteiger partial charge in [-0.15, -0.1) is 11.3 Å². The van der Waals surface area contributed by atoms with Crippen LogP contribution in [0.5, 0.6) is 0 Å². The Morgan fingerprint density at radius 1 is 1.16 bits per heavy atom. The van der Waals surface area contributed by atoms with E-state index in [9.17, 15) is 14.4 Å². The summed E-state index contributed by atoms with van der Waals surface area (Å²) in [4.78, 5) is 41.2. The van der Waals surface area contributed by atoms with Crippen LogP contribution in [0.4, 0.5) is 5.00 Å². The molecule has 1 unspecified atom stereocenters. The van der Waals surface area contributed by atoms with E-state index >= 15 is 0 Å². The van der Waals surface area contributed by atoms with Gasteiger partial charge in [0.1, 0.15) is 5.00 Å². The van der Waals surface area contributed by atoms with Crippen LogP contribution in [0.3, 0.4) is 0 Å². The van der Waals surface area contributed by atoms with Crippen LogP contribution in [0.25, 0.3) is 0 Å². The number of carbonyl (C=O) groups is 3. The number of nitrogens with zero attached hydrogens (tertiary/aromatic N) is 1. The van der Waals surface area contributed by atoms with Crippen molar-refractivity contribution in [3.8, 4) is 0 Å². The highest BCUT2D eigenvalue weighted by Crippen LogP contribution is 2.38. The molecule has 1 aromatic heterocycles. The fourth-order valence-electron chi connectivity index (χ4n) is 4.43. The molecule has 1 aromatic carbocycles. The highest BCUT2D eigenvalue weighted by atomic mass is 32.1. The predicted octanol–water partition coefficient (Wildman–Crippen LogP) is 3.41. The number of fused-ring (bicyclic) bond motifs is 1. The van der Waals surface area contributed by atoms with Crippen molar-refractivity contribution in [1.82, 2.24) is 10.2 Å². The smallest absolute Gasteiger partial charge is 0.254 e. The average molecular weight is 440 g/mol. The molecule has 4 rings (SSSR count). The van der Waals surface area contributed by atoms with Crippen LogP contribution in [-0.2, 0) is 28.9 Å². The molecule has 1 saturated heterocycles. The van der Waals surface area contributed by atoms with E-state index in [0.29, 0.717) is 30.2 Å². The quantitative estimate of drug-likeness (QED) is 0.694. The van der Waals surface area contributed by atoms with Crippen LogP contribution in [0, 0.1) is 5.92 Å². The molecule has 0 bridgehead atoms. The van der Waals surface area contributed by atoms with Gasteiger partial charge in [-0.1, -0.05) is 30.3 Å². The molecule has 1 fully saturated rings. The molecule has 2 aromatic rings. The molecular formula is C24H29N3O3S. The Balaban J connectivity index is 1.43. The first kappa shape index (κ1) is 21.6. The molecule has 0 radical (unpaired) electrons. The Bertz CT molecular complexity index is 970. The Hall–Kier alpha value is -2.67. The number of hydrogen-bond donors (Lipinski definition) is 2. The third-order valence-corrected chi connectivity index (χ3v) is 7.28. The van der Waals surface area contributed by atoms with Crippen LogP contribution in [0.2, 0.25) is 0 Å². The van der Waals surface area contributed by atoms with Gasteiger partial charge in [0.25, 0.3) is 5.91 Å². The zero-order chi connectivity index (χ0) is 21.8. The van der Waals surface area contributed by atoms with Gasteiger partial charge in [0.2, 0.25) is 11.8 Å². The van der Waals surface area contributed by atoms with Gasteiger partial charge < -0.3 is 15.5 Å². The number of benzene rings is 1. The van der Waals surface area contributed by atoms with Gasteiger partial charge in [-0.3, -0.25) is 14.4 Å². The van der Waals surface area contributed by atoms with Crippen molar-refractivity contribution >= 4 is 34.1 Å². The molecule has 7 heteroatoms. The maximum Gasteiger partial charge on any atom is 0.254 e. The number of nitrogens with one attached hydrogen (secondary N) is 2. The maximum atomic E-state index is 13.0. The molecular weight excluding hydrogens is 410 g/mol. The highest BCUT2D eigenvalue weighted by Gasteiger charge is 2.35. The first-order valence-electron chi connectivity index (χ1n) is 11.1. The number of hydrogen-bond acceptors (Lipinski definition) is 4. The summed E-state index contributed by atoms with van der Waals surface area (Å²) in [6, 6.07) is 10.1. The van der Waals surface area contributed by atoms with Gasteiger partial charge in [-0.2, -0.15) is 0 Å². The van der Waals surface area contributed by atoms with Gasteiger partial charge >= 0.3 is 0 Å². The van der Waals surface area contributed by atoms with Gasteiger partial charge in [0.05, 0.1) is 11.5 Å². The summed E-state index contributed by atoms with van der Waals surface area (Å²) in [5.74, 6) is -0.654. The van der Waals surface area contributed by atoms with E-state index in [0.717, 1.165) is 37.7 Å². The Morgan fingerprint density at radius 3 is 2.71 bits per heavy atom. The lowest BCUT2D eigenvalue weighted by Crippen LogP contribution is -2.30. The highest BCUT2D eigenvalue weighted by molar-refractivity contribution is 7.17. The summed E-state index contributed by atoms with van der Waals surface area (Å²) in [6.45, 7) is 3.48. The predicted molar refractivity (Wildman–Crippen MR) is 122 cm³/mol. The largest absolute Gasteiger partial charge is 0.352 e. The normalized spacial score (nSPS) is 18.0.